The number of rotatable bonds is 2. The van der Waals surface area contributed by atoms with Gasteiger partial charge in [0.2, 0.25) is 0 Å². The van der Waals surface area contributed by atoms with Gasteiger partial charge in [0.1, 0.15) is 0 Å². The molecule has 0 spiro atoms. The predicted octanol–water partition coefficient (Wildman–Crippen LogP) is 0.524. The van der Waals surface area contributed by atoms with Gasteiger partial charge in [-0.2, -0.15) is 0 Å². The first-order chi connectivity index (χ1) is 6.13. The lowest BCUT2D eigenvalue weighted by Crippen LogP contribution is -2.48. The molecule has 1 saturated heterocycles. The monoisotopic (exact) mass is 186 g/mol. The van der Waals surface area contributed by atoms with Crippen LogP contribution in [0.2, 0.25) is 0 Å². The van der Waals surface area contributed by atoms with Crippen molar-refractivity contribution in [3.05, 3.63) is 0 Å². The van der Waals surface area contributed by atoms with Gasteiger partial charge < -0.3 is 5.73 Å². The maximum Gasteiger partial charge on any atom is 0.263 e. The molecule has 76 valence electrons. The van der Waals surface area contributed by atoms with Crippen LogP contribution < -0.4 is 5.73 Å². The second-order valence-corrected chi connectivity index (χ2v) is 3.75. The number of carbonyl (C=O) groups is 1. The first-order valence-electron chi connectivity index (χ1n) is 4.83. The lowest BCUT2D eigenvalue weighted by Gasteiger charge is -2.29. The molecule has 0 saturated carbocycles. The van der Waals surface area contributed by atoms with E-state index < -0.39 is 6.04 Å². The summed E-state index contributed by atoms with van der Waals surface area (Å²) in [5.41, 5.74) is 5.72. The van der Waals surface area contributed by atoms with Gasteiger partial charge in [0, 0.05) is 6.54 Å². The maximum absolute atomic E-state index is 11.6. The Morgan fingerprint density at radius 2 is 2.15 bits per heavy atom. The third-order valence-electron chi connectivity index (χ3n) is 2.25. The van der Waals surface area contributed by atoms with Crippen molar-refractivity contribution in [2.75, 3.05) is 13.2 Å². The molecule has 1 heterocycles. The highest BCUT2D eigenvalue weighted by Gasteiger charge is 2.25. The molecule has 0 aromatic rings. The van der Waals surface area contributed by atoms with E-state index in [1.165, 1.54) is 5.06 Å². The Morgan fingerprint density at radius 1 is 1.46 bits per heavy atom. The molecular formula is C9H18N2O2. The molecular weight excluding hydrogens is 168 g/mol. The quantitative estimate of drug-likeness (QED) is 0.684. The standard InChI is InChI=1S/C9H18N2O2/c1-7(2)8(10)9(12)11-5-3-4-6-13-11/h7-8H,3-6,10H2,1-2H3/t8-/m1/s1. The number of hydroxylamine groups is 2. The maximum atomic E-state index is 11.6. The van der Waals surface area contributed by atoms with Crippen molar-refractivity contribution >= 4 is 5.91 Å². The minimum absolute atomic E-state index is 0.0882. The Morgan fingerprint density at radius 3 is 2.62 bits per heavy atom. The average molecular weight is 186 g/mol. The van der Waals surface area contributed by atoms with Crippen LogP contribution in [-0.2, 0) is 9.63 Å². The molecule has 1 aliphatic rings. The fraction of sp³-hybridized carbons (Fsp3) is 0.889. The van der Waals surface area contributed by atoms with E-state index in [9.17, 15) is 4.79 Å². The van der Waals surface area contributed by atoms with Gasteiger partial charge in [0.25, 0.3) is 5.91 Å². The van der Waals surface area contributed by atoms with Crippen molar-refractivity contribution in [1.82, 2.24) is 5.06 Å². The Balaban J connectivity index is 2.45. The van der Waals surface area contributed by atoms with Crippen LogP contribution in [0.25, 0.3) is 0 Å². The van der Waals surface area contributed by atoms with Crippen molar-refractivity contribution in [2.24, 2.45) is 11.7 Å². The van der Waals surface area contributed by atoms with Crippen LogP contribution in [0, 0.1) is 5.92 Å². The van der Waals surface area contributed by atoms with E-state index in [1.807, 2.05) is 13.8 Å². The van der Waals surface area contributed by atoms with Gasteiger partial charge in [-0.05, 0) is 18.8 Å². The Kier molecular flexibility index (Phi) is 3.69. The summed E-state index contributed by atoms with van der Waals surface area (Å²) in [6.07, 6.45) is 2.04. The molecule has 2 N–H and O–H groups in total. The van der Waals surface area contributed by atoms with Gasteiger partial charge >= 0.3 is 0 Å². The first-order valence-corrected chi connectivity index (χ1v) is 4.83. The van der Waals surface area contributed by atoms with Gasteiger partial charge in [-0.3, -0.25) is 9.63 Å². The minimum Gasteiger partial charge on any atom is -0.320 e. The van der Waals surface area contributed by atoms with E-state index in [-0.39, 0.29) is 11.8 Å². The van der Waals surface area contributed by atoms with E-state index in [1.54, 1.807) is 0 Å². The second kappa shape index (κ2) is 4.58. The van der Waals surface area contributed by atoms with Crippen LogP contribution in [0.1, 0.15) is 26.7 Å². The molecule has 0 aromatic heterocycles. The lowest BCUT2D eigenvalue weighted by atomic mass is 10.0. The molecule has 0 aliphatic carbocycles. The fourth-order valence-corrected chi connectivity index (χ4v) is 1.22. The van der Waals surface area contributed by atoms with Gasteiger partial charge in [-0.25, -0.2) is 5.06 Å². The minimum atomic E-state index is -0.432. The number of hydrogen-bond acceptors (Lipinski definition) is 3. The van der Waals surface area contributed by atoms with Crippen LogP contribution in [0.4, 0.5) is 0 Å². The summed E-state index contributed by atoms with van der Waals surface area (Å²) in [4.78, 5) is 16.8. The second-order valence-electron chi connectivity index (χ2n) is 3.75. The van der Waals surface area contributed by atoms with Gasteiger partial charge in [0.05, 0.1) is 12.6 Å². The van der Waals surface area contributed by atoms with Crippen LogP contribution in [0.15, 0.2) is 0 Å². The summed E-state index contributed by atoms with van der Waals surface area (Å²) in [5, 5.41) is 1.41. The number of hydrogen-bond donors (Lipinski definition) is 1. The molecule has 1 fully saturated rings. The number of carbonyl (C=O) groups excluding carboxylic acids is 1. The molecule has 1 rings (SSSR count). The van der Waals surface area contributed by atoms with Crippen LogP contribution in [-0.4, -0.2) is 30.2 Å². The molecule has 0 unspecified atom stereocenters. The molecule has 1 atom stereocenters. The van der Waals surface area contributed by atoms with Crippen molar-refractivity contribution in [3.63, 3.8) is 0 Å². The smallest absolute Gasteiger partial charge is 0.263 e. The zero-order chi connectivity index (χ0) is 9.84. The summed E-state index contributed by atoms with van der Waals surface area (Å²) < 4.78 is 0. The highest BCUT2D eigenvalue weighted by Crippen LogP contribution is 2.10. The molecule has 4 heteroatoms. The van der Waals surface area contributed by atoms with E-state index in [0.717, 1.165) is 12.8 Å². The van der Waals surface area contributed by atoms with Crippen molar-refractivity contribution < 1.29 is 9.63 Å². The van der Waals surface area contributed by atoms with E-state index >= 15 is 0 Å². The van der Waals surface area contributed by atoms with Gasteiger partial charge in [0.15, 0.2) is 0 Å². The summed E-state index contributed by atoms with van der Waals surface area (Å²) in [6.45, 7) is 5.19. The summed E-state index contributed by atoms with van der Waals surface area (Å²) in [5.74, 6) is 0.0766. The van der Waals surface area contributed by atoms with E-state index in [0.29, 0.717) is 13.2 Å². The van der Waals surface area contributed by atoms with Crippen LogP contribution in [0.3, 0.4) is 0 Å². The van der Waals surface area contributed by atoms with Crippen LogP contribution >= 0.6 is 0 Å². The third kappa shape index (κ3) is 2.67. The molecule has 1 amide bonds. The Bertz CT molecular complexity index is 176. The zero-order valence-corrected chi connectivity index (χ0v) is 8.32. The molecule has 4 nitrogen and oxygen atoms in total. The predicted molar refractivity (Wildman–Crippen MR) is 49.7 cm³/mol. The third-order valence-corrected chi connectivity index (χ3v) is 2.25. The first kappa shape index (κ1) is 10.5. The summed E-state index contributed by atoms with van der Waals surface area (Å²) in [6, 6.07) is -0.432. The van der Waals surface area contributed by atoms with Gasteiger partial charge in [-0.1, -0.05) is 13.8 Å². The Hall–Kier alpha value is -0.610. The molecule has 0 bridgehead atoms. The normalized spacial score (nSPS) is 20.5. The van der Waals surface area contributed by atoms with Crippen molar-refractivity contribution in [3.8, 4) is 0 Å². The van der Waals surface area contributed by atoms with Gasteiger partial charge in [-0.15, -0.1) is 0 Å². The SMILES string of the molecule is CC(C)[C@@H](N)C(=O)N1CCCCO1. The largest absolute Gasteiger partial charge is 0.320 e. The highest BCUT2D eigenvalue weighted by atomic mass is 16.7. The topological polar surface area (TPSA) is 55.6 Å². The lowest BCUT2D eigenvalue weighted by molar-refractivity contribution is -0.199. The summed E-state index contributed by atoms with van der Waals surface area (Å²) >= 11 is 0. The molecule has 0 aromatic carbocycles. The van der Waals surface area contributed by atoms with Crippen LogP contribution in [0.5, 0.6) is 0 Å². The van der Waals surface area contributed by atoms with E-state index in [4.69, 9.17) is 10.6 Å². The molecule has 1 aliphatic heterocycles. The molecule has 13 heavy (non-hydrogen) atoms. The average Bonchev–Trinajstić information content (AvgIpc) is 2.17. The molecule has 0 radical (unpaired) electrons. The van der Waals surface area contributed by atoms with E-state index in [2.05, 4.69) is 0 Å². The van der Waals surface area contributed by atoms with Crippen molar-refractivity contribution in [1.29, 1.82) is 0 Å². The van der Waals surface area contributed by atoms with Crippen molar-refractivity contribution in [2.45, 2.75) is 32.7 Å². The Labute approximate surface area is 79.0 Å². The fourth-order valence-electron chi connectivity index (χ4n) is 1.22. The number of amides is 1. The zero-order valence-electron chi connectivity index (χ0n) is 8.32. The number of nitrogens with zero attached hydrogens (tertiary/aromatic N) is 1. The highest BCUT2D eigenvalue weighted by molar-refractivity contribution is 5.80. The number of nitrogens with two attached hydrogens (primary N) is 1. The summed E-state index contributed by atoms with van der Waals surface area (Å²) in [7, 11) is 0.